The minimum Gasteiger partial charge on any atom is -0.481 e. The highest BCUT2D eigenvalue weighted by molar-refractivity contribution is 5.76. The summed E-state index contributed by atoms with van der Waals surface area (Å²) < 4.78 is 13.2. The molecule has 0 aromatic heterocycles. The Morgan fingerprint density at radius 2 is 2.05 bits per heavy atom. The lowest BCUT2D eigenvalue weighted by Gasteiger charge is -2.27. The monoisotopic (exact) mass is 265 g/mol. The normalized spacial score (nSPS) is 18.2. The molecule has 1 aliphatic heterocycles. The average Bonchev–Trinajstić information content (AvgIpc) is 2.40. The highest BCUT2D eigenvalue weighted by Crippen LogP contribution is 2.22. The molecule has 0 spiro atoms. The van der Waals surface area contributed by atoms with E-state index in [0.717, 1.165) is 19.6 Å². The third kappa shape index (κ3) is 4.03. The quantitative estimate of drug-likeness (QED) is 0.890. The fourth-order valence-electron chi connectivity index (χ4n) is 2.65. The standard InChI is InChI=1S/C15H20FNO2/c16-13-6-4-5-12(11-13)14(15(18)19)7-10-17-8-2-1-3-9-17/h4-6,11,14H,1-3,7-10H2,(H,18,19). The number of rotatable bonds is 5. The molecule has 1 saturated heterocycles. The van der Waals surface area contributed by atoms with Crippen LogP contribution < -0.4 is 0 Å². The zero-order valence-electron chi connectivity index (χ0n) is 11.0. The van der Waals surface area contributed by atoms with Gasteiger partial charge in [-0.3, -0.25) is 4.79 Å². The van der Waals surface area contributed by atoms with Crippen molar-refractivity contribution < 1.29 is 14.3 Å². The summed E-state index contributed by atoms with van der Waals surface area (Å²) in [7, 11) is 0. The van der Waals surface area contributed by atoms with Gasteiger partial charge in [0.05, 0.1) is 5.92 Å². The number of halogens is 1. The van der Waals surface area contributed by atoms with Gasteiger partial charge in [0.15, 0.2) is 0 Å². The summed E-state index contributed by atoms with van der Waals surface area (Å²) in [6.07, 6.45) is 4.19. The highest BCUT2D eigenvalue weighted by Gasteiger charge is 2.21. The van der Waals surface area contributed by atoms with Crippen molar-refractivity contribution in [1.29, 1.82) is 0 Å². The summed E-state index contributed by atoms with van der Waals surface area (Å²) in [6, 6.07) is 5.93. The van der Waals surface area contributed by atoms with Crippen molar-refractivity contribution in [1.82, 2.24) is 4.90 Å². The Morgan fingerprint density at radius 1 is 1.32 bits per heavy atom. The van der Waals surface area contributed by atoms with Crippen LogP contribution in [0.5, 0.6) is 0 Å². The van der Waals surface area contributed by atoms with E-state index in [-0.39, 0.29) is 5.82 Å². The molecule has 1 aromatic rings. The molecule has 104 valence electrons. The van der Waals surface area contributed by atoms with E-state index in [4.69, 9.17) is 0 Å². The number of carboxylic acids is 1. The molecule has 4 heteroatoms. The van der Waals surface area contributed by atoms with Crippen molar-refractivity contribution in [3.63, 3.8) is 0 Å². The maximum atomic E-state index is 13.2. The zero-order chi connectivity index (χ0) is 13.7. The van der Waals surface area contributed by atoms with E-state index in [1.807, 2.05) is 0 Å². The van der Waals surface area contributed by atoms with Gasteiger partial charge in [-0.25, -0.2) is 4.39 Å². The molecule has 0 aliphatic carbocycles. The van der Waals surface area contributed by atoms with Crippen LogP contribution in [0.25, 0.3) is 0 Å². The first-order valence-corrected chi connectivity index (χ1v) is 6.87. The number of nitrogens with zero attached hydrogens (tertiary/aromatic N) is 1. The van der Waals surface area contributed by atoms with Gasteiger partial charge in [0, 0.05) is 0 Å². The molecule has 0 amide bonds. The second-order valence-electron chi connectivity index (χ2n) is 5.14. The van der Waals surface area contributed by atoms with Crippen LogP contribution in [0.1, 0.15) is 37.2 Å². The van der Waals surface area contributed by atoms with Crippen LogP contribution in [0.2, 0.25) is 0 Å². The van der Waals surface area contributed by atoms with Crippen molar-refractivity contribution >= 4 is 5.97 Å². The molecule has 1 aliphatic rings. The van der Waals surface area contributed by atoms with Crippen molar-refractivity contribution in [2.75, 3.05) is 19.6 Å². The molecule has 1 atom stereocenters. The van der Waals surface area contributed by atoms with E-state index in [1.54, 1.807) is 12.1 Å². The predicted molar refractivity (Wildman–Crippen MR) is 71.7 cm³/mol. The van der Waals surface area contributed by atoms with Gasteiger partial charge >= 0.3 is 5.97 Å². The minimum atomic E-state index is -0.873. The van der Waals surface area contributed by atoms with Crippen LogP contribution in [0, 0.1) is 5.82 Å². The third-order valence-corrected chi connectivity index (χ3v) is 3.73. The lowest BCUT2D eigenvalue weighted by atomic mass is 9.95. The van der Waals surface area contributed by atoms with E-state index in [9.17, 15) is 14.3 Å². The van der Waals surface area contributed by atoms with Crippen LogP contribution in [-0.4, -0.2) is 35.6 Å². The summed E-state index contributed by atoms with van der Waals surface area (Å²) >= 11 is 0. The summed E-state index contributed by atoms with van der Waals surface area (Å²) in [5, 5.41) is 9.31. The maximum Gasteiger partial charge on any atom is 0.311 e. The summed E-state index contributed by atoms with van der Waals surface area (Å²) in [5.74, 6) is -1.86. The van der Waals surface area contributed by atoms with Crippen LogP contribution >= 0.6 is 0 Å². The summed E-state index contributed by atoms with van der Waals surface area (Å²) in [5.41, 5.74) is 0.560. The first-order chi connectivity index (χ1) is 9.16. The number of hydrogen-bond donors (Lipinski definition) is 1. The van der Waals surface area contributed by atoms with E-state index < -0.39 is 11.9 Å². The highest BCUT2D eigenvalue weighted by atomic mass is 19.1. The average molecular weight is 265 g/mol. The SMILES string of the molecule is O=C(O)C(CCN1CCCCC1)c1cccc(F)c1. The van der Waals surface area contributed by atoms with Gasteiger partial charge in [-0.2, -0.15) is 0 Å². The Labute approximate surface area is 113 Å². The van der Waals surface area contributed by atoms with Crippen molar-refractivity contribution in [3.8, 4) is 0 Å². The third-order valence-electron chi connectivity index (χ3n) is 3.73. The number of piperidine rings is 1. The van der Waals surface area contributed by atoms with Crippen LogP contribution in [0.15, 0.2) is 24.3 Å². The number of likely N-dealkylation sites (tertiary alicyclic amines) is 1. The van der Waals surface area contributed by atoms with Gasteiger partial charge in [-0.1, -0.05) is 18.6 Å². The Morgan fingerprint density at radius 3 is 2.68 bits per heavy atom. The molecule has 0 radical (unpaired) electrons. The lowest BCUT2D eigenvalue weighted by molar-refractivity contribution is -0.139. The van der Waals surface area contributed by atoms with Crippen molar-refractivity contribution in [3.05, 3.63) is 35.6 Å². The number of benzene rings is 1. The van der Waals surface area contributed by atoms with Gasteiger partial charge in [-0.15, -0.1) is 0 Å². The Bertz CT molecular complexity index is 430. The van der Waals surface area contributed by atoms with E-state index >= 15 is 0 Å². The number of carbonyl (C=O) groups is 1. The molecule has 1 heterocycles. The predicted octanol–water partition coefficient (Wildman–Crippen LogP) is 2.87. The molecule has 19 heavy (non-hydrogen) atoms. The second kappa shape index (κ2) is 6.66. The first kappa shape index (κ1) is 14.0. The molecule has 0 bridgehead atoms. The molecular weight excluding hydrogens is 245 g/mol. The van der Waals surface area contributed by atoms with Gasteiger partial charge < -0.3 is 10.0 Å². The van der Waals surface area contributed by atoms with E-state index in [2.05, 4.69) is 4.90 Å². The first-order valence-electron chi connectivity index (χ1n) is 6.87. The number of hydrogen-bond acceptors (Lipinski definition) is 2. The molecule has 1 N–H and O–H groups in total. The Balaban J connectivity index is 1.98. The summed E-state index contributed by atoms with van der Waals surface area (Å²) in [6.45, 7) is 2.87. The fourth-order valence-corrected chi connectivity index (χ4v) is 2.65. The molecule has 0 saturated carbocycles. The molecule has 1 fully saturated rings. The Hall–Kier alpha value is -1.42. The van der Waals surface area contributed by atoms with Crippen molar-refractivity contribution in [2.24, 2.45) is 0 Å². The van der Waals surface area contributed by atoms with Gasteiger partial charge in [0.25, 0.3) is 0 Å². The lowest BCUT2D eigenvalue weighted by Crippen LogP contribution is -2.32. The smallest absolute Gasteiger partial charge is 0.311 e. The molecule has 2 rings (SSSR count). The topological polar surface area (TPSA) is 40.5 Å². The van der Waals surface area contributed by atoms with Crippen LogP contribution in [0.4, 0.5) is 4.39 Å². The molecular formula is C15H20FNO2. The minimum absolute atomic E-state index is 0.373. The summed E-state index contributed by atoms with van der Waals surface area (Å²) in [4.78, 5) is 13.6. The molecule has 1 aromatic carbocycles. The van der Waals surface area contributed by atoms with Crippen LogP contribution in [-0.2, 0) is 4.79 Å². The largest absolute Gasteiger partial charge is 0.481 e. The number of carboxylic acid groups (broad SMARTS) is 1. The van der Waals surface area contributed by atoms with Gasteiger partial charge in [0.2, 0.25) is 0 Å². The van der Waals surface area contributed by atoms with Gasteiger partial charge in [-0.05, 0) is 56.6 Å². The van der Waals surface area contributed by atoms with E-state index in [0.29, 0.717) is 12.0 Å². The van der Waals surface area contributed by atoms with Crippen LogP contribution in [0.3, 0.4) is 0 Å². The fraction of sp³-hybridized carbons (Fsp3) is 0.533. The van der Waals surface area contributed by atoms with Crippen molar-refractivity contribution in [2.45, 2.75) is 31.6 Å². The zero-order valence-corrected chi connectivity index (χ0v) is 11.0. The van der Waals surface area contributed by atoms with E-state index in [1.165, 1.54) is 31.4 Å². The van der Waals surface area contributed by atoms with Gasteiger partial charge in [0.1, 0.15) is 5.82 Å². The second-order valence-corrected chi connectivity index (χ2v) is 5.14. The Kier molecular flexibility index (Phi) is 4.91. The molecule has 1 unspecified atom stereocenters. The maximum absolute atomic E-state index is 13.2. The number of aliphatic carboxylic acids is 1. The molecule has 3 nitrogen and oxygen atoms in total.